The third kappa shape index (κ3) is 2.88. The van der Waals surface area contributed by atoms with E-state index in [2.05, 4.69) is 11.4 Å². The maximum Gasteiger partial charge on any atom is 0.123 e. The molecule has 1 aromatic carbocycles. The van der Waals surface area contributed by atoms with Gasteiger partial charge in [0.2, 0.25) is 0 Å². The summed E-state index contributed by atoms with van der Waals surface area (Å²) in [6, 6.07) is 10.5. The Balaban J connectivity index is 1.96. The Morgan fingerprint density at radius 2 is 1.67 bits per heavy atom. The van der Waals surface area contributed by atoms with Gasteiger partial charge in [-0.1, -0.05) is 12.1 Å². The van der Waals surface area contributed by atoms with Crippen molar-refractivity contribution >= 4 is 0 Å². The highest BCUT2D eigenvalue weighted by Crippen LogP contribution is 2.09. The molecule has 2 aromatic rings. The monoisotopic (exact) mass is 200 g/mol. The van der Waals surface area contributed by atoms with E-state index < -0.39 is 0 Å². The maximum absolute atomic E-state index is 12.6. The molecule has 0 aliphatic carbocycles. The number of aromatic nitrogens is 1. The van der Waals surface area contributed by atoms with Crippen LogP contribution in [0, 0.1) is 12.2 Å². The fraction of sp³-hybridized carbons (Fsp3) is 0.0769. The van der Waals surface area contributed by atoms with Crippen LogP contribution in [-0.2, 0) is 6.42 Å². The minimum Gasteiger partial charge on any atom is -0.265 e. The quantitative estimate of drug-likeness (QED) is 0.742. The largest absolute Gasteiger partial charge is 0.265 e. The van der Waals surface area contributed by atoms with Gasteiger partial charge in [0.25, 0.3) is 0 Å². The lowest BCUT2D eigenvalue weighted by atomic mass is 10.1. The molecule has 0 N–H and O–H groups in total. The molecule has 1 nitrogen and oxygen atoms in total. The number of nitrogens with zero attached hydrogens (tertiary/aromatic N) is 1. The number of hydrogen-bond acceptors (Lipinski definition) is 1. The van der Waals surface area contributed by atoms with Crippen LogP contribution in [0.15, 0.2) is 48.8 Å². The summed E-state index contributed by atoms with van der Waals surface area (Å²) in [6.45, 7) is 0. The van der Waals surface area contributed by atoms with Crippen molar-refractivity contribution in [3.05, 3.63) is 72.2 Å². The van der Waals surface area contributed by atoms with Crippen molar-refractivity contribution in [1.29, 1.82) is 0 Å². The molecule has 2 rings (SSSR count). The molecule has 1 aromatic heterocycles. The van der Waals surface area contributed by atoms with Crippen molar-refractivity contribution in [2.24, 2.45) is 0 Å². The molecule has 0 atom stereocenters. The molecule has 0 saturated heterocycles. The maximum atomic E-state index is 12.6. The van der Waals surface area contributed by atoms with E-state index >= 15 is 0 Å². The van der Waals surface area contributed by atoms with Gasteiger partial charge in [0.05, 0.1) is 0 Å². The lowest BCUT2D eigenvalue weighted by Crippen LogP contribution is -1.88. The fourth-order valence-electron chi connectivity index (χ4n) is 1.36. The summed E-state index contributed by atoms with van der Waals surface area (Å²) < 4.78 is 12.6. The molecular weight excluding hydrogens is 189 g/mol. The first-order valence-electron chi connectivity index (χ1n) is 4.82. The average molecular weight is 200 g/mol. The average Bonchev–Trinajstić information content (AvgIpc) is 2.30. The van der Waals surface area contributed by atoms with Crippen molar-refractivity contribution in [3.63, 3.8) is 0 Å². The lowest BCUT2D eigenvalue weighted by Gasteiger charge is -2.00. The zero-order chi connectivity index (χ0) is 10.5. The van der Waals surface area contributed by atoms with E-state index in [9.17, 15) is 4.39 Å². The Morgan fingerprint density at radius 1 is 1.00 bits per heavy atom. The van der Waals surface area contributed by atoms with Gasteiger partial charge in [0.15, 0.2) is 0 Å². The van der Waals surface area contributed by atoms with E-state index in [-0.39, 0.29) is 5.82 Å². The van der Waals surface area contributed by atoms with Crippen molar-refractivity contribution in [1.82, 2.24) is 4.98 Å². The van der Waals surface area contributed by atoms with Crippen LogP contribution in [0.1, 0.15) is 11.1 Å². The molecule has 1 radical (unpaired) electrons. The smallest absolute Gasteiger partial charge is 0.123 e. The lowest BCUT2D eigenvalue weighted by molar-refractivity contribution is 0.627. The molecule has 0 aliphatic rings. The second-order valence-corrected chi connectivity index (χ2v) is 3.32. The Hall–Kier alpha value is -1.70. The third-order valence-corrected chi connectivity index (χ3v) is 2.19. The summed E-state index contributed by atoms with van der Waals surface area (Å²) >= 11 is 0. The number of hydrogen-bond donors (Lipinski definition) is 0. The molecule has 0 fully saturated rings. The van der Waals surface area contributed by atoms with Crippen molar-refractivity contribution in [3.8, 4) is 0 Å². The van der Waals surface area contributed by atoms with E-state index in [0.717, 1.165) is 17.5 Å². The molecule has 0 amide bonds. The van der Waals surface area contributed by atoms with Gasteiger partial charge in [-0.05, 0) is 48.2 Å². The van der Waals surface area contributed by atoms with Gasteiger partial charge < -0.3 is 0 Å². The van der Waals surface area contributed by atoms with E-state index in [0.29, 0.717) is 0 Å². The topological polar surface area (TPSA) is 12.9 Å². The number of rotatable bonds is 3. The van der Waals surface area contributed by atoms with Crippen LogP contribution < -0.4 is 0 Å². The summed E-state index contributed by atoms with van der Waals surface area (Å²) in [5.41, 5.74) is 2.24. The van der Waals surface area contributed by atoms with Crippen molar-refractivity contribution in [2.75, 3.05) is 0 Å². The highest BCUT2D eigenvalue weighted by atomic mass is 19.1. The Labute approximate surface area is 88.6 Å². The Kier molecular flexibility index (Phi) is 3.08. The van der Waals surface area contributed by atoms with E-state index in [1.165, 1.54) is 12.1 Å². The van der Waals surface area contributed by atoms with E-state index in [1.54, 1.807) is 24.5 Å². The van der Waals surface area contributed by atoms with Crippen molar-refractivity contribution in [2.45, 2.75) is 6.42 Å². The number of halogens is 1. The Bertz CT molecular complexity index is 408. The van der Waals surface area contributed by atoms with Gasteiger partial charge in [0.1, 0.15) is 5.82 Å². The molecule has 0 spiro atoms. The van der Waals surface area contributed by atoms with E-state index in [1.807, 2.05) is 12.1 Å². The molecule has 1 heterocycles. The Morgan fingerprint density at radius 3 is 2.33 bits per heavy atom. The molecule has 0 unspecified atom stereocenters. The minimum absolute atomic E-state index is 0.192. The first-order chi connectivity index (χ1) is 7.34. The molecule has 0 aliphatic heterocycles. The highest BCUT2D eigenvalue weighted by Gasteiger charge is 1.96. The van der Waals surface area contributed by atoms with E-state index in [4.69, 9.17) is 0 Å². The fourth-order valence-corrected chi connectivity index (χ4v) is 1.36. The SMILES string of the molecule is Fc1ccc(C[CH]c2ccncc2)cc1. The normalized spacial score (nSPS) is 10.2. The summed E-state index contributed by atoms with van der Waals surface area (Å²) in [5, 5.41) is 0. The van der Waals surface area contributed by atoms with Gasteiger partial charge in [-0.25, -0.2) is 4.39 Å². The molecular formula is C13H11FN. The third-order valence-electron chi connectivity index (χ3n) is 2.19. The van der Waals surface area contributed by atoms with Gasteiger partial charge in [0, 0.05) is 12.4 Å². The predicted molar refractivity (Wildman–Crippen MR) is 57.7 cm³/mol. The van der Waals surface area contributed by atoms with Crippen molar-refractivity contribution < 1.29 is 4.39 Å². The second kappa shape index (κ2) is 4.69. The number of benzene rings is 1. The predicted octanol–water partition coefficient (Wildman–Crippen LogP) is 3.02. The van der Waals surface area contributed by atoms with Crippen LogP contribution in [0.25, 0.3) is 0 Å². The minimum atomic E-state index is -0.192. The van der Waals surface area contributed by atoms with Gasteiger partial charge >= 0.3 is 0 Å². The second-order valence-electron chi connectivity index (χ2n) is 3.32. The van der Waals surface area contributed by atoms with Crippen LogP contribution in [0.5, 0.6) is 0 Å². The molecule has 0 bridgehead atoms. The summed E-state index contributed by atoms with van der Waals surface area (Å²) in [7, 11) is 0. The van der Waals surface area contributed by atoms with Gasteiger partial charge in [-0.3, -0.25) is 4.98 Å². The van der Waals surface area contributed by atoms with Crippen LogP contribution >= 0.6 is 0 Å². The van der Waals surface area contributed by atoms with Gasteiger partial charge in [-0.15, -0.1) is 0 Å². The summed E-state index contributed by atoms with van der Waals surface area (Å²) in [6.07, 6.45) is 6.42. The first kappa shape index (κ1) is 9.84. The molecule has 75 valence electrons. The summed E-state index contributed by atoms with van der Waals surface area (Å²) in [5.74, 6) is -0.192. The molecule has 0 saturated carbocycles. The number of pyridine rings is 1. The van der Waals surface area contributed by atoms with Crippen LogP contribution in [0.2, 0.25) is 0 Å². The zero-order valence-corrected chi connectivity index (χ0v) is 8.23. The van der Waals surface area contributed by atoms with Crippen LogP contribution in [-0.4, -0.2) is 4.98 Å². The van der Waals surface area contributed by atoms with Crippen LogP contribution in [0.4, 0.5) is 4.39 Å². The zero-order valence-electron chi connectivity index (χ0n) is 8.23. The summed E-state index contributed by atoms with van der Waals surface area (Å²) in [4.78, 5) is 3.94. The first-order valence-corrected chi connectivity index (χ1v) is 4.82. The standard InChI is InChI=1S/C13H11FN/c14-13-5-3-11(4-6-13)1-2-12-7-9-15-10-8-12/h2-10H,1H2. The van der Waals surface area contributed by atoms with Crippen LogP contribution in [0.3, 0.4) is 0 Å². The highest BCUT2D eigenvalue weighted by molar-refractivity contribution is 5.25. The van der Waals surface area contributed by atoms with Gasteiger partial charge in [-0.2, -0.15) is 0 Å². The molecule has 15 heavy (non-hydrogen) atoms. The molecule has 2 heteroatoms.